The molecule has 4 nitrogen and oxygen atoms in total. The van der Waals surface area contributed by atoms with Crippen molar-refractivity contribution >= 4 is 5.82 Å². The molecule has 1 unspecified atom stereocenters. The van der Waals surface area contributed by atoms with Crippen LogP contribution in [0.15, 0.2) is 18.3 Å². The van der Waals surface area contributed by atoms with Gasteiger partial charge in [-0.25, -0.2) is 4.98 Å². The van der Waals surface area contributed by atoms with Crippen molar-refractivity contribution in [2.75, 3.05) is 25.1 Å². The Bertz CT molecular complexity index is 441. The highest BCUT2D eigenvalue weighted by atomic mass is 16.5. The monoisotopic (exact) mass is 231 g/mol. The number of anilines is 1. The second-order valence-electron chi connectivity index (χ2n) is 4.69. The Morgan fingerprint density at radius 3 is 3.12 bits per heavy atom. The van der Waals surface area contributed by atoms with Gasteiger partial charge in [-0.15, -0.1) is 0 Å². The van der Waals surface area contributed by atoms with Crippen LogP contribution in [0.2, 0.25) is 0 Å². The third kappa shape index (κ3) is 2.56. The number of rotatable bonds is 2. The molecule has 0 spiro atoms. The van der Waals surface area contributed by atoms with E-state index in [0.717, 1.165) is 31.7 Å². The Balaban J connectivity index is 2.19. The van der Waals surface area contributed by atoms with Crippen LogP contribution in [0.4, 0.5) is 5.82 Å². The van der Waals surface area contributed by atoms with E-state index in [1.165, 1.54) is 0 Å². The van der Waals surface area contributed by atoms with E-state index in [4.69, 9.17) is 10.00 Å². The average Bonchev–Trinajstić information content (AvgIpc) is 2.39. The van der Waals surface area contributed by atoms with Crippen LogP contribution in [-0.4, -0.2) is 30.8 Å². The first-order chi connectivity index (χ1) is 8.17. The fraction of sp³-hybridized carbons (Fsp3) is 0.538. The van der Waals surface area contributed by atoms with E-state index >= 15 is 0 Å². The van der Waals surface area contributed by atoms with Crippen molar-refractivity contribution in [1.29, 1.82) is 5.26 Å². The van der Waals surface area contributed by atoms with Crippen LogP contribution < -0.4 is 4.90 Å². The van der Waals surface area contributed by atoms with Gasteiger partial charge in [-0.05, 0) is 31.9 Å². The molecule has 0 aromatic carbocycles. The van der Waals surface area contributed by atoms with E-state index in [1.807, 2.05) is 6.07 Å². The summed E-state index contributed by atoms with van der Waals surface area (Å²) in [6, 6.07) is 5.70. The molecule has 1 aromatic heterocycles. The molecule has 2 rings (SSSR count). The van der Waals surface area contributed by atoms with E-state index in [0.29, 0.717) is 5.56 Å². The Labute approximate surface area is 102 Å². The van der Waals surface area contributed by atoms with E-state index in [9.17, 15) is 0 Å². The number of ether oxygens (including phenoxy) is 1. The van der Waals surface area contributed by atoms with Crippen LogP contribution >= 0.6 is 0 Å². The highest BCUT2D eigenvalue weighted by Gasteiger charge is 2.31. The molecule has 17 heavy (non-hydrogen) atoms. The molecule has 0 saturated carbocycles. The number of hydrogen-bond acceptors (Lipinski definition) is 4. The van der Waals surface area contributed by atoms with Crippen molar-refractivity contribution in [3.8, 4) is 6.07 Å². The van der Waals surface area contributed by atoms with Gasteiger partial charge >= 0.3 is 0 Å². The summed E-state index contributed by atoms with van der Waals surface area (Å²) in [7, 11) is 1.75. The second-order valence-corrected chi connectivity index (χ2v) is 4.69. The third-order valence-electron chi connectivity index (χ3n) is 3.35. The van der Waals surface area contributed by atoms with Crippen LogP contribution in [0.5, 0.6) is 0 Å². The molecule has 0 radical (unpaired) electrons. The summed E-state index contributed by atoms with van der Waals surface area (Å²) in [5.74, 6) is 0.868. The van der Waals surface area contributed by atoms with Crippen molar-refractivity contribution < 1.29 is 4.74 Å². The van der Waals surface area contributed by atoms with Crippen molar-refractivity contribution in [2.24, 2.45) is 0 Å². The molecule has 90 valence electrons. The summed E-state index contributed by atoms with van der Waals surface area (Å²) in [4.78, 5) is 6.52. The topological polar surface area (TPSA) is 49.1 Å². The molecule has 1 atom stereocenters. The maximum atomic E-state index is 8.89. The Morgan fingerprint density at radius 1 is 1.59 bits per heavy atom. The van der Waals surface area contributed by atoms with Gasteiger partial charge in [0.1, 0.15) is 5.82 Å². The Hall–Kier alpha value is -1.60. The Morgan fingerprint density at radius 2 is 2.41 bits per heavy atom. The fourth-order valence-corrected chi connectivity index (χ4v) is 2.23. The lowest BCUT2D eigenvalue weighted by Crippen LogP contribution is -2.47. The van der Waals surface area contributed by atoms with Gasteiger partial charge in [0, 0.05) is 26.4 Å². The first-order valence-corrected chi connectivity index (χ1v) is 5.83. The van der Waals surface area contributed by atoms with Crippen LogP contribution in [0.3, 0.4) is 0 Å². The van der Waals surface area contributed by atoms with Crippen molar-refractivity contribution in [2.45, 2.75) is 25.4 Å². The van der Waals surface area contributed by atoms with Gasteiger partial charge in [-0.2, -0.15) is 5.26 Å². The zero-order valence-electron chi connectivity index (χ0n) is 10.3. The predicted molar refractivity (Wildman–Crippen MR) is 65.8 cm³/mol. The normalized spacial score (nSPS) is 24.4. The smallest absolute Gasteiger partial charge is 0.129 e. The van der Waals surface area contributed by atoms with Crippen LogP contribution in [0.25, 0.3) is 0 Å². The molecule has 0 aliphatic carbocycles. The van der Waals surface area contributed by atoms with Gasteiger partial charge in [0.15, 0.2) is 0 Å². The van der Waals surface area contributed by atoms with Crippen molar-refractivity contribution in [3.63, 3.8) is 0 Å². The highest BCUT2D eigenvalue weighted by Crippen LogP contribution is 2.27. The molecule has 4 heteroatoms. The quantitative estimate of drug-likeness (QED) is 0.780. The molecule has 0 N–H and O–H groups in total. The molecule has 1 aliphatic heterocycles. The number of methoxy groups -OCH3 is 1. The summed E-state index contributed by atoms with van der Waals surface area (Å²) in [6.45, 7) is 3.92. The summed E-state index contributed by atoms with van der Waals surface area (Å²) >= 11 is 0. The maximum absolute atomic E-state index is 8.89. The van der Waals surface area contributed by atoms with Crippen LogP contribution in [0, 0.1) is 11.3 Å². The van der Waals surface area contributed by atoms with Gasteiger partial charge in [0.05, 0.1) is 17.2 Å². The lowest BCUT2D eigenvalue weighted by molar-refractivity contribution is -0.00481. The minimum atomic E-state index is -0.109. The van der Waals surface area contributed by atoms with E-state index < -0.39 is 0 Å². The summed E-state index contributed by atoms with van der Waals surface area (Å²) < 4.78 is 5.55. The number of nitrogens with zero attached hydrogens (tertiary/aromatic N) is 3. The molecule has 1 aromatic rings. The number of hydrogen-bond donors (Lipinski definition) is 0. The number of piperidine rings is 1. The first-order valence-electron chi connectivity index (χ1n) is 5.83. The summed E-state index contributed by atoms with van der Waals surface area (Å²) in [6.07, 6.45) is 3.84. The average molecular weight is 231 g/mol. The Kier molecular flexibility index (Phi) is 3.30. The molecular formula is C13H17N3O. The lowest BCUT2D eigenvalue weighted by atomic mass is 9.95. The zero-order valence-corrected chi connectivity index (χ0v) is 10.3. The van der Waals surface area contributed by atoms with Gasteiger partial charge in [0.2, 0.25) is 0 Å². The third-order valence-corrected chi connectivity index (χ3v) is 3.35. The first kappa shape index (κ1) is 11.9. The van der Waals surface area contributed by atoms with Crippen LogP contribution in [0.1, 0.15) is 25.3 Å². The number of aromatic nitrogens is 1. The molecule has 0 bridgehead atoms. The van der Waals surface area contributed by atoms with Crippen molar-refractivity contribution in [3.05, 3.63) is 23.9 Å². The van der Waals surface area contributed by atoms with Crippen molar-refractivity contribution in [1.82, 2.24) is 4.98 Å². The SMILES string of the molecule is COC1(C)CCCN(c2cc(C#N)ccn2)C1. The van der Waals surface area contributed by atoms with Gasteiger partial charge in [-0.3, -0.25) is 0 Å². The minimum Gasteiger partial charge on any atom is -0.377 e. The second kappa shape index (κ2) is 4.72. The van der Waals surface area contributed by atoms with E-state index in [-0.39, 0.29) is 5.60 Å². The zero-order chi connectivity index (χ0) is 12.3. The molecule has 1 fully saturated rings. The van der Waals surface area contributed by atoms with E-state index in [1.54, 1.807) is 19.4 Å². The van der Waals surface area contributed by atoms with Crippen LogP contribution in [-0.2, 0) is 4.74 Å². The molecule has 0 amide bonds. The largest absolute Gasteiger partial charge is 0.377 e. The maximum Gasteiger partial charge on any atom is 0.129 e. The highest BCUT2D eigenvalue weighted by molar-refractivity contribution is 5.45. The molecule has 1 aliphatic rings. The number of nitriles is 1. The molecular weight excluding hydrogens is 214 g/mol. The lowest BCUT2D eigenvalue weighted by Gasteiger charge is -2.40. The molecule has 2 heterocycles. The van der Waals surface area contributed by atoms with Gasteiger partial charge in [-0.1, -0.05) is 0 Å². The fourth-order valence-electron chi connectivity index (χ4n) is 2.23. The number of pyridine rings is 1. The predicted octanol–water partition coefficient (Wildman–Crippen LogP) is 1.96. The molecule has 1 saturated heterocycles. The minimum absolute atomic E-state index is 0.109. The van der Waals surface area contributed by atoms with E-state index in [2.05, 4.69) is 22.9 Å². The summed E-state index contributed by atoms with van der Waals surface area (Å²) in [5, 5.41) is 8.89. The van der Waals surface area contributed by atoms with Gasteiger partial charge in [0.25, 0.3) is 0 Å². The van der Waals surface area contributed by atoms with Gasteiger partial charge < -0.3 is 9.64 Å². The standard InChI is InChI=1S/C13H17N3O/c1-13(17-2)5-3-7-16(10-13)12-8-11(9-14)4-6-15-12/h4,6,8H,3,5,7,10H2,1-2H3. The summed E-state index contributed by atoms with van der Waals surface area (Å²) in [5.41, 5.74) is 0.544.